The van der Waals surface area contributed by atoms with Crippen molar-refractivity contribution in [2.45, 2.75) is 64.1 Å². The molecular formula is C23H29N3O3S. The minimum absolute atomic E-state index is 0.00194. The van der Waals surface area contributed by atoms with Gasteiger partial charge in [0.15, 0.2) is 0 Å². The minimum atomic E-state index is -0.629. The predicted molar refractivity (Wildman–Crippen MR) is 117 cm³/mol. The average molecular weight is 428 g/mol. The number of nitrogens with zero attached hydrogens (tertiary/aromatic N) is 2. The average Bonchev–Trinajstić information content (AvgIpc) is 3.38. The van der Waals surface area contributed by atoms with Crippen LogP contribution in [0.15, 0.2) is 29.8 Å². The van der Waals surface area contributed by atoms with E-state index in [4.69, 9.17) is 0 Å². The largest absolute Gasteiger partial charge is 0.391 e. The van der Waals surface area contributed by atoms with E-state index >= 15 is 0 Å². The third-order valence-electron chi connectivity index (χ3n) is 6.25. The van der Waals surface area contributed by atoms with Crippen molar-refractivity contribution in [1.82, 2.24) is 15.2 Å². The molecule has 2 N–H and O–H groups in total. The number of hydrogen-bond acceptors (Lipinski definition) is 5. The van der Waals surface area contributed by atoms with Crippen LogP contribution in [0.25, 0.3) is 10.4 Å². The van der Waals surface area contributed by atoms with E-state index in [1.807, 2.05) is 36.7 Å². The lowest BCUT2D eigenvalue weighted by Crippen LogP contribution is -2.48. The van der Waals surface area contributed by atoms with E-state index in [1.54, 1.807) is 16.2 Å². The summed E-state index contributed by atoms with van der Waals surface area (Å²) in [5.74, 6) is -0.143. The second kappa shape index (κ2) is 9.27. The number of nitrogens with one attached hydrogen (secondary N) is 1. The van der Waals surface area contributed by atoms with Gasteiger partial charge in [0.05, 0.1) is 22.2 Å². The van der Waals surface area contributed by atoms with Gasteiger partial charge in [-0.2, -0.15) is 0 Å². The van der Waals surface area contributed by atoms with Gasteiger partial charge in [0.25, 0.3) is 0 Å². The molecule has 1 aliphatic carbocycles. The quantitative estimate of drug-likeness (QED) is 0.767. The molecule has 0 spiro atoms. The summed E-state index contributed by atoms with van der Waals surface area (Å²) in [6.07, 6.45) is 4.79. The van der Waals surface area contributed by atoms with Crippen LogP contribution in [0, 0.1) is 12.8 Å². The Labute approximate surface area is 181 Å². The van der Waals surface area contributed by atoms with E-state index in [1.165, 1.54) is 6.42 Å². The molecule has 30 heavy (non-hydrogen) atoms. The molecule has 0 radical (unpaired) electrons. The Hall–Kier alpha value is -2.25. The summed E-state index contributed by atoms with van der Waals surface area (Å²) in [4.78, 5) is 32.8. The van der Waals surface area contributed by atoms with Gasteiger partial charge in [-0.25, -0.2) is 4.98 Å². The third kappa shape index (κ3) is 4.57. The van der Waals surface area contributed by atoms with Crippen molar-refractivity contribution in [3.05, 3.63) is 41.0 Å². The van der Waals surface area contributed by atoms with Gasteiger partial charge < -0.3 is 15.3 Å². The van der Waals surface area contributed by atoms with Crippen LogP contribution in [0.3, 0.4) is 0 Å². The van der Waals surface area contributed by atoms with Gasteiger partial charge >= 0.3 is 0 Å². The number of amides is 2. The topological polar surface area (TPSA) is 82.5 Å². The van der Waals surface area contributed by atoms with E-state index in [-0.39, 0.29) is 24.3 Å². The Morgan fingerprint density at radius 1 is 1.20 bits per heavy atom. The van der Waals surface area contributed by atoms with Gasteiger partial charge in [-0.15, -0.1) is 11.3 Å². The monoisotopic (exact) mass is 427 g/mol. The van der Waals surface area contributed by atoms with Crippen LogP contribution >= 0.6 is 11.3 Å². The second-order valence-corrected chi connectivity index (χ2v) is 9.27. The summed E-state index contributed by atoms with van der Waals surface area (Å²) in [5.41, 5.74) is 4.98. The number of carbonyl (C=O) groups excluding carboxylic acids is 2. The molecule has 1 saturated carbocycles. The van der Waals surface area contributed by atoms with Crippen LogP contribution in [0.5, 0.6) is 0 Å². The zero-order valence-corrected chi connectivity index (χ0v) is 18.2. The SMILES string of the molecule is Cc1ncsc1-c1ccc(CNC(=O)[C@@H]2CC(O)CN2C(=O)C2CCCCC2)cc1. The van der Waals surface area contributed by atoms with Crippen molar-refractivity contribution in [3.63, 3.8) is 0 Å². The van der Waals surface area contributed by atoms with Gasteiger partial charge in [0.2, 0.25) is 11.8 Å². The second-order valence-electron chi connectivity index (χ2n) is 8.41. The maximum absolute atomic E-state index is 12.9. The molecule has 6 nitrogen and oxygen atoms in total. The molecule has 1 aliphatic heterocycles. The number of likely N-dealkylation sites (tertiary alicyclic amines) is 1. The van der Waals surface area contributed by atoms with Crippen molar-refractivity contribution in [2.24, 2.45) is 5.92 Å². The maximum atomic E-state index is 12.9. The molecule has 2 fully saturated rings. The van der Waals surface area contributed by atoms with Gasteiger partial charge in [0.1, 0.15) is 6.04 Å². The zero-order chi connectivity index (χ0) is 21.1. The Morgan fingerprint density at radius 3 is 2.60 bits per heavy atom. The molecule has 1 aromatic carbocycles. The number of β-amino-alcohol motifs (C(OH)–C–C–N with tert-alkyl or cyclic N) is 1. The highest BCUT2D eigenvalue weighted by Gasteiger charge is 2.41. The first-order valence-corrected chi connectivity index (χ1v) is 11.7. The lowest BCUT2D eigenvalue weighted by molar-refractivity contribution is -0.142. The lowest BCUT2D eigenvalue weighted by Gasteiger charge is -2.29. The summed E-state index contributed by atoms with van der Waals surface area (Å²) in [5, 5.41) is 13.1. The Bertz CT molecular complexity index is 889. The van der Waals surface area contributed by atoms with Crippen molar-refractivity contribution in [2.75, 3.05) is 6.54 Å². The molecule has 1 saturated heterocycles. The highest BCUT2D eigenvalue weighted by atomic mass is 32.1. The fourth-order valence-electron chi connectivity index (χ4n) is 4.55. The first kappa shape index (κ1) is 21.0. The highest BCUT2D eigenvalue weighted by molar-refractivity contribution is 7.13. The normalized spacial score (nSPS) is 22.3. The molecule has 1 aromatic heterocycles. The number of hydrogen-bond donors (Lipinski definition) is 2. The molecular weight excluding hydrogens is 398 g/mol. The molecule has 160 valence electrons. The fourth-order valence-corrected chi connectivity index (χ4v) is 5.36. The number of benzene rings is 1. The Balaban J connectivity index is 1.36. The maximum Gasteiger partial charge on any atom is 0.243 e. The molecule has 0 bridgehead atoms. The summed E-state index contributed by atoms with van der Waals surface area (Å²) in [7, 11) is 0. The van der Waals surface area contributed by atoms with Crippen molar-refractivity contribution < 1.29 is 14.7 Å². The number of thiazole rings is 1. The number of carbonyl (C=O) groups is 2. The number of rotatable bonds is 5. The summed E-state index contributed by atoms with van der Waals surface area (Å²) < 4.78 is 0. The van der Waals surface area contributed by atoms with E-state index in [0.29, 0.717) is 13.0 Å². The number of aromatic nitrogens is 1. The Morgan fingerprint density at radius 2 is 1.93 bits per heavy atom. The van der Waals surface area contributed by atoms with Crippen molar-refractivity contribution >= 4 is 23.2 Å². The lowest BCUT2D eigenvalue weighted by atomic mass is 9.88. The summed E-state index contributed by atoms with van der Waals surface area (Å²) in [6.45, 7) is 2.66. The van der Waals surface area contributed by atoms with Gasteiger partial charge in [0, 0.05) is 25.4 Å². The predicted octanol–water partition coefficient (Wildman–Crippen LogP) is 3.28. The van der Waals surface area contributed by atoms with Gasteiger partial charge in [-0.05, 0) is 30.9 Å². The molecule has 1 unspecified atom stereocenters. The van der Waals surface area contributed by atoms with E-state index in [9.17, 15) is 14.7 Å². The smallest absolute Gasteiger partial charge is 0.243 e. The standard InChI is InChI=1S/C23H29N3O3S/c1-15-21(30-14-25-15)17-9-7-16(8-10-17)12-24-22(28)20-11-19(27)13-26(20)23(29)18-5-3-2-4-6-18/h7-10,14,18-20,27H,2-6,11-13H2,1H3,(H,24,28)/t19?,20-/m0/s1. The number of aliphatic hydroxyl groups is 1. The summed E-state index contributed by atoms with van der Waals surface area (Å²) in [6, 6.07) is 7.51. The first-order valence-electron chi connectivity index (χ1n) is 10.8. The van der Waals surface area contributed by atoms with E-state index in [0.717, 1.165) is 47.4 Å². The first-order chi connectivity index (χ1) is 14.5. The third-order valence-corrected chi connectivity index (χ3v) is 7.23. The summed E-state index contributed by atoms with van der Waals surface area (Å²) >= 11 is 1.62. The zero-order valence-electron chi connectivity index (χ0n) is 17.3. The molecule has 2 aliphatic rings. The van der Waals surface area contributed by atoms with Crippen LogP contribution in [0.1, 0.15) is 49.8 Å². The van der Waals surface area contributed by atoms with E-state index in [2.05, 4.69) is 10.3 Å². The van der Waals surface area contributed by atoms with Crippen molar-refractivity contribution in [1.29, 1.82) is 0 Å². The van der Waals surface area contributed by atoms with Crippen LogP contribution in [0.4, 0.5) is 0 Å². The molecule has 2 atom stereocenters. The molecule has 2 amide bonds. The fraction of sp³-hybridized carbons (Fsp3) is 0.522. The number of aryl methyl sites for hydroxylation is 1. The highest BCUT2D eigenvalue weighted by Crippen LogP contribution is 2.29. The van der Waals surface area contributed by atoms with Crippen LogP contribution in [-0.2, 0) is 16.1 Å². The Kier molecular flexibility index (Phi) is 6.49. The van der Waals surface area contributed by atoms with Gasteiger partial charge in [-0.3, -0.25) is 9.59 Å². The van der Waals surface area contributed by atoms with E-state index < -0.39 is 12.1 Å². The minimum Gasteiger partial charge on any atom is -0.391 e. The van der Waals surface area contributed by atoms with Crippen LogP contribution in [-0.4, -0.2) is 45.5 Å². The molecule has 2 aromatic rings. The molecule has 4 rings (SSSR count). The van der Waals surface area contributed by atoms with Crippen LogP contribution in [0.2, 0.25) is 0 Å². The van der Waals surface area contributed by atoms with Gasteiger partial charge in [-0.1, -0.05) is 43.5 Å². The molecule has 7 heteroatoms. The molecule has 2 heterocycles. The number of aliphatic hydroxyl groups excluding tert-OH is 1. The van der Waals surface area contributed by atoms with Crippen LogP contribution < -0.4 is 5.32 Å². The van der Waals surface area contributed by atoms with Crippen molar-refractivity contribution in [3.8, 4) is 10.4 Å².